The summed E-state index contributed by atoms with van der Waals surface area (Å²) < 4.78 is 5.17. The van der Waals surface area contributed by atoms with Gasteiger partial charge in [-0.25, -0.2) is 4.79 Å². The second kappa shape index (κ2) is 7.95. The zero-order valence-corrected chi connectivity index (χ0v) is 11.2. The van der Waals surface area contributed by atoms with Crippen molar-refractivity contribution < 1.29 is 14.3 Å². The van der Waals surface area contributed by atoms with Crippen molar-refractivity contribution in [2.24, 2.45) is 11.7 Å². The summed E-state index contributed by atoms with van der Waals surface area (Å²) in [5.74, 6) is 0.272. The van der Waals surface area contributed by atoms with E-state index in [4.69, 9.17) is 10.5 Å². The van der Waals surface area contributed by atoms with Crippen LogP contribution in [-0.4, -0.2) is 36.6 Å². The number of carbonyl (C=O) groups excluding carboxylic acids is 2. The number of nitrogens with two attached hydrogens (primary N) is 1. The maximum atomic E-state index is 11.7. The fourth-order valence-corrected chi connectivity index (χ4v) is 2.15. The molecule has 104 valence electrons. The molecule has 5 heteroatoms. The topological polar surface area (TPSA) is 72.6 Å². The predicted octanol–water partition coefficient (Wildman–Crippen LogP) is 1.90. The van der Waals surface area contributed by atoms with Crippen LogP contribution in [0, 0.1) is 5.92 Å². The molecular formula is C13H24N2O3. The predicted molar refractivity (Wildman–Crippen MR) is 69.0 cm³/mol. The molecule has 2 N–H and O–H groups in total. The number of nitrogens with zero attached hydrogens (tertiary/aromatic N) is 1. The molecule has 0 aliphatic carbocycles. The van der Waals surface area contributed by atoms with Crippen molar-refractivity contribution in [3.8, 4) is 0 Å². The molecule has 18 heavy (non-hydrogen) atoms. The maximum absolute atomic E-state index is 11.7. The summed E-state index contributed by atoms with van der Waals surface area (Å²) in [5, 5.41) is 0. The highest BCUT2D eigenvalue weighted by molar-refractivity contribution is 5.73. The summed E-state index contributed by atoms with van der Waals surface area (Å²) in [4.78, 5) is 24.1. The van der Waals surface area contributed by atoms with Gasteiger partial charge in [0, 0.05) is 19.5 Å². The zero-order chi connectivity index (χ0) is 13.4. The lowest BCUT2D eigenvalue weighted by Crippen LogP contribution is -2.39. The van der Waals surface area contributed by atoms with Crippen LogP contribution in [0.5, 0.6) is 0 Å². The van der Waals surface area contributed by atoms with E-state index in [1.165, 1.54) is 0 Å². The second-order valence-electron chi connectivity index (χ2n) is 4.90. The molecule has 0 atom stereocenters. The van der Waals surface area contributed by atoms with Crippen molar-refractivity contribution >= 4 is 12.0 Å². The molecule has 2 amide bonds. The molecule has 0 aromatic heterocycles. The number of piperidine rings is 1. The first-order valence-corrected chi connectivity index (χ1v) is 6.83. The highest BCUT2D eigenvalue weighted by atomic mass is 16.6. The molecule has 1 aliphatic heterocycles. The van der Waals surface area contributed by atoms with E-state index in [0.29, 0.717) is 18.9 Å². The van der Waals surface area contributed by atoms with E-state index in [1.54, 1.807) is 4.90 Å². The van der Waals surface area contributed by atoms with Gasteiger partial charge in [0.2, 0.25) is 5.91 Å². The van der Waals surface area contributed by atoms with Crippen LogP contribution in [0.3, 0.4) is 0 Å². The van der Waals surface area contributed by atoms with Crippen LogP contribution >= 0.6 is 0 Å². The summed E-state index contributed by atoms with van der Waals surface area (Å²) in [6.45, 7) is 4.04. The molecule has 1 rings (SSSR count). The molecule has 0 bridgehead atoms. The lowest BCUT2D eigenvalue weighted by molar-refractivity contribution is -0.118. The van der Waals surface area contributed by atoms with E-state index in [-0.39, 0.29) is 12.0 Å². The minimum absolute atomic E-state index is 0.197. The fraction of sp³-hybridized carbons (Fsp3) is 0.846. The number of amides is 2. The van der Waals surface area contributed by atoms with Crippen molar-refractivity contribution in [1.82, 2.24) is 4.90 Å². The van der Waals surface area contributed by atoms with Crippen LogP contribution in [-0.2, 0) is 9.53 Å². The highest BCUT2D eigenvalue weighted by Gasteiger charge is 2.23. The second-order valence-corrected chi connectivity index (χ2v) is 4.90. The van der Waals surface area contributed by atoms with Crippen LogP contribution < -0.4 is 5.73 Å². The Bertz CT molecular complexity index is 273. The average Bonchev–Trinajstić information content (AvgIpc) is 2.37. The highest BCUT2D eigenvalue weighted by Crippen LogP contribution is 2.22. The molecule has 1 fully saturated rings. The summed E-state index contributed by atoms with van der Waals surface area (Å²) in [6, 6.07) is 0. The van der Waals surface area contributed by atoms with Gasteiger partial charge in [-0.15, -0.1) is 0 Å². The quantitative estimate of drug-likeness (QED) is 0.738. The number of hydrogen-bond acceptors (Lipinski definition) is 3. The van der Waals surface area contributed by atoms with E-state index < -0.39 is 0 Å². The Morgan fingerprint density at radius 2 is 2.00 bits per heavy atom. The summed E-state index contributed by atoms with van der Waals surface area (Å²) in [6.07, 6.45) is 4.92. The number of rotatable bonds is 6. The van der Waals surface area contributed by atoms with Crippen LogP contribution in [0.4, 0.5) is 4.79 Å². The van der Waals surface area contributed by atoms with Gasteiger partial charge < -0.3 is 15.4 Å². The molecule has 1 heterocycles. The third-order valence-electron chi connectivity index (χ3n) is 3.40. The average molecular weight is 256 g/mol. The molecule has 5 nitrogen and oxygen atoms in total. The number of hydrogen-bond donors (Lipinski definition) is 1. The van der Waals surface area contributed by atoms with Gasteiger partial charge in [0.15, 0.2) is 0 Å². The molecule has 0 radical (unpaired) electrons. The van der Waals surface area contributed by atoms with Crippen molar-refractivity contribution in [2.45, 2.75) is 45.4 Å². The Balaban J connectivity index is 2.17. The van der Waals surface area contributed by atoms with Crippen LogP contribution in [0.1, 0.15) is 45.4 Å². The molecule has 1 aliphatic rings. The third-order valence-corrected chi connectivity index (χ3v) is 3.40. The summed E-state index contributed by atoms with van der Waals surface area (Å²) >= 11 is 0. The Labute approximate surface area is 109 Å². The van der Waals surface area contributed by atoms with E-state index in [0.717, 1.165) is 45.2 Å². The van der Waals surface area contributed by atoms with Gasteiger partial charge in [-0.2, -0.15) is 0 Å². The molecule has 1 saturated heterocycles. The fourth-order valence-electron chi connectivity index (χ4n) is 2.15. The van der Waals surface area contributed by atoms with Crippen molar-refractivity contribution in [2.75, 3.05) is 19.7 Å². The minimum atomic E-state index is -0.239. The van der Waals surface area contributed by atoms with E-state index in [2.05, 4.69) is 6.92 Å². The molecule has 0 unspecified atom stereocenters. The van der Waals surface area contributed by atoms with Crippen molar-refractivity contribution in [3.63, 3.8) is 0 Å². The van der Waals surface area contributed by atoms with Crippen molar-refractivity contribution in [1.29, 1.82) is 0 Å². The molecule has 0 spiro atoms. The normalized spacial score (nSPS) is 16.6. The number of ether oxygens (including phenoxy) is 1. The van der Waals surface area contributed by atoms with Gasteiger partial charge in [-0.05, 0) is 31.6 Å². The number of carbonyl (C=O) groups is 2. The number of primary amides is 1. The van der Waals surface area contributed by atoms with E-state index in [1.807, 2.05) is 0 Å². The Morgan fingerprint density at radius 1 is 1.33 bits per heavy atom. The monoisotopic (exact) mass is 256 g/mol. The van der Waals surface area contributed by atoms with Gasteiger partial charge in [0.1, 0.15) is 0 Å². The van der Waals surface area contributed by atoms with E-state index >= 15 is 0 Å². The number of likely N-dealkylation sites (tertiary alicyclic amines) is 1. The Morgan fingerprint density at radius 3 is 2.56 bits per heavy atom. The van der Waals surface area contributed by atoms with Gasteiger partial charge in [-0.3, -0.25) is 4.79 Å². The van der Waals surface area contributed by atoms with Crippen LogP contribution in [0.2, 0.25) is 0 Å². The van der Waals surface area contributed by atoms with Gasteiger partial charge in [0.05, 0.1) is 6.61 Å². The van der Waals surface area contributed by atoms with Gasteiger partial charge in [-0.1, -0.05) is 13.3 Å². The van der Waals surface area contributed by atoms with Gasteiger partial charge in [0.25, 0.3) is 0 Å². The van der Waals surface area contributed by atoms with E-state index in [9.17, 15) is 9.59 Å². The SMILES string of the molecule is CCCCOC(=O)N1CCC(CCC(N)=O)CC1. The first-order valence-electron chi connectivity index (χ1n) is 6.83. The third kappa shape index (κ3) is 5.38. The molecule has 0 saturated carbocycles. The van der Waals surface area contributed by atoms with Crippen LogP contribution in [0.15, 0.2) is 0 Å². The standard InChI is InChI=1S/C13H24N2O3/c1-2-3-10-18-13(17)15-8-6-11(7-9-15)4-5-12(14)16/h11H,2-10H2,1H3,(H2,14,16). The summed E-state index contributed by atoms with van der Waals surface area (Å²) in [7, 11) is 0. The Kier molecular flexibility index (Phi) is 6.54. The smallest absolute Gasteiger partial charge is 0.409 e. The zero-order valence-electron chi connectivity index (χ0n) is 11.2. The van der Waals surface area contributed by atoms with Crippen molar-refractivity contribution in [3.05, 3.63) is 0 Å². The minimum Gasteiger partial charge on any atom is -0.449 e. The van der Waals surface area contributed by atoms with Crippen LogP contribution in [0.25, 0.3) is 0 Å². The molecule has 0 aromatic carbocycles. The van der Waals surface area contributed by atoms with Gasteiger partial charge >= 0.3 is 6.09 Å². The first kappa shape index (κ1) is 14.8. The lowest BCUT2D eigenvalue weighted by atomic mass is 9.92. The molecule has 0 aromatic rings. The molecular weight excluding hydrogens is 232 g/mol. The maximum Gasteiger partial charge on any atom is 0.409 e. The number of unbranched alkanes of at least 4 members (excludes halogenated alkanes) is 1. The largest absolute Gasteiger partial charge is 0.449 e. The Hall–Kier alpha value is -1.26. The first-order chi connectivity index (χ1) is 8.63. The lowest BCUT2D eigenvalue weighted by Gasteiger charge is -2.31. The summed E-state index contributed by atoms with van der Waals surface area (Å²) in [5.41, 5.74) is 5.13.